The zero-order valence-electron chi connectivity index (χ0n) is 11.9. The van der Waals surface area contributed by atoms with E-state index in [9.17, 15) is 30.6 Å². The lowest BCUT2D eigenvalue weighted by Gasteiger charge is -2.54. The van der Waals surface area contributed by atoms with Crippen molar-refractivity contribution in [3.8, 4) is 0 Å². The molecule has 9 N–H and O–H groups in total. The van der Waals surface area contributed by atoms with Crippen LogP contribution in [0.5, 0.6) is 0 Å². The van der Waals surface area contributed by atoms with E-state index in [0.29, 0.717) is 0 Å². The minimum absolute atomic E-state index is 0.765. The highest BCUT2D eigenvalue weighted by Gasteiger charge is 2.63. The minimum Gasteiger partial charge on any atom is -0.394 e. The van der Waals surface area contributed by atoms with Crippen LogP contribution in [0.1, 0.15) is 12.8 Å². The van der Waals surface area contributed by atoms with Gasteiger partial charge in [0.2, 0.25) is 5.79 Å². The molecule has 1 rings (SSSR count). The molecular weight excluding hydrogens is 304 g/mol. The summed E-state index contributed by atoms with van der Waals surface area (Å²) in [5, 5.41) is 86.8. The van der Waals surface area contributed by atoms with Crippen molar-refractivity contribution < 1.29 is 50.7 Å². The number of aliphatic hydroxyl groups is 9. The lowest BCUT2D eigenvalue weighted by molar-refractivity contribution is -0.399. The van der Waals surface area contributed by atoms with Crippen LogP contribution in [0.25, 0.3) is 0 Å². The van der Waals surface area contributed by atoms with Crippen LogP contribution in [0, 0.1) is 0 Å². The molecule has 132 valence electrons. The minimum atomic E-state index is -2.68. The number of hydrogen-bond donors (Lipinski definition) is 9. The van der Waals surface area contributed by atoms with Gasteiger partial charge in [0.25, 0.3) is 0 Å². The summed E-state index contributed by atoms with van der Waals surface area (Å²) >= 11 is 0. The molecule has 1 aliphatic rings. The van der Waals surface area contributed by atoms with Crippen LogP contribution in [-0.4, -0.2) is 108 Å². The van der Waals surface area contributed by atoms with Gasteiger partial charge in [0.1, 0.15) is 23.9 Å². The van der Waals surface area contributed by atoms with E-state index in [0.717, 1.165) is 0 Å². The molecule has 7 atom stereocenters. The molecule has 1 saturated heterocycles. The highest BCUT2D eigenvalue weighted by atomic mass is 16.7. The third kappa shape index (κ3) is 3.57. The van der Waals surface area contributed by atoms with Crippen molar-refractivity contribution in [3.05, 3.63) is 0 Å². The number of hydrogen-bond acceptors (Lipinski definition) is 10. The SMILES string of the molecule is OCC(O)CC1(O)O[C@H](CO)[C@@H](O)[C@H](O)[C@]1(O)CC(O)CO. The van der Waals surface area contributed by atoms with E-state index in [1.165, 1.54) is 0 Å². The molecule has 10 heteroatoms. The molecule has 3 unspecified atom stereocenters. The van der Waals surface area contributed by atoms with Crippen LogP contribution in [0.3, 0.4) is 0 Å². The number of aliphatic hydroxyl groups excluding tert-OH is 7. The van der Waals surface area contributed by atoms with Gasteiger partial charge in [0, 0.05) is 12.8 Å². The maximum atomic E-state index is 10.6. The van der Waals surface area contributed by atoms with Gasteiger partial charge in [0.15, 0.2) is 0 Å². The molecule has 0 aromatic rings. The highest BCUT2D eigenvalue weighted by molar-refractivity contribution is 5.08. The fourth-order valence-corrected chi connectivity index (χ4v) is 2.60. The highest BCUT2D eigenvalue weighted by Crippen LogP contribution is 2.42. The summed E-state index contributed by atoms with van der Waals surface area (Å²) in [6, 6.07) is 0. The Kier molecular flexibility index (Phi) is 6.65. The largest absolute Gasteiger partial charge is 0.394 e. The second-order valence-electron chi connectivity index (χ2n) is 5.56. The third-order valence-electron chi connectivity index (χ3n) is 3.88. The van der Waals surface area contributed by atoms with Gasteiger partial charge < -0.3 is 50.7 Å². The molecule has 0 bridgehead atoms. The standard InChI is InChI=1S/C12H24O10/c13-3-6(16)1-11(20)10(19)9(18)8(5-15)22-12(11,21)2-7(17)4-14/h6-10,13-21H,1-5H2/t6?,7?,8-,9-,10+,11-,12?/m1/s1. The molecular formula is C12H24O10. The fourth-order valence-electron chi connectivity index (χ4n) is 2.60. The Labute approximate surface area is 126 Å². The average molecular weight is 328 g/mol. The monoisotopic (exact) mass is 328 g/mol. The van der Waals surface area contributed by atoms with E-state index in [1.807, 2.05) is 0 Å². The van der Waals surface area contributed by atoms with E-state index in [-0.39, 0.29) is 0 Å². The molecule has 22 heavy (non-hydrogen) atoms. The smallest absolute Gasteiger partial charge is 0.200 e. The van der Waals surface area contributed by atoms with Gasteiger partial charge in [-0.05, 0) is 0 Å². The summed E-state index contributed by atoms with van der Waals surface area (Å²) in [6.45, 7) is -2.38. The topological polar surface area (TPSA) is 191 Å². The van der Waals surface area contributed by atoms with E-state index in [2.05, 4.69) is 0 Å². The first-order chi connectivity index (χ1) is 10.1. The van der Waals surface area contributed by atoms with E-state index in [1.54, 1.807) is 0 Å². The van der Waals surface area contributed by atoms with Crippen molar-refractivity contribution in [1.82, 2.24) is 0 Å². The van der Waals surface area contributed by atoms with E-state index >= 15 is 0 Å². The lowest BCUT2D eigenvalue weighted by Crippen LogP contribution is -2.74. The predicted molar refractivity (Wildman–Crippen MR) is 69.3 cm³/mol. The Bertz CT molecular complexity index is 355. The van der Waals surface area contributed by atoms with Crippen molar-refractivity contribution in [2.75, 3.05) is 19.8 Å². The molecule has 1 aliphatic heterocycles. The van der Waals surface area contributed by atoms with Crippen LogP contribution in [0.2, 0.25) is 0 Å². The van der Waals surface area contributed by atoms with Crippen LogP contribution in [-0.2, 0) is 4.74 Å². The first-order valence-electron chi connectivity index (χ1n) is 6.82. The second kappa shape index (κ2) is 7.45. The van der Waals surface area contributed by atoms with E-state index < -0.39 is 74.6 Å². The molecule has 0 radical (unpaired) electrons. The summed E-state index contributed by atoms with van der Waals surface area (Å²) in [6.07, 6.45) is -9.93. The molecule has 0 aliphatic carbocycles. The summed E-state index contributed by atoms with van der Waals surface area (Å²) in [5.41, 5.74) is -2.66. The molecule has 0 aromatic carbocycles. The van der Waals surface area contributed by atoms with Crippen LogP contribution in [0.4, 0.5) is 0 Å². The summed E-state index contributed by atoms with van der Waals surface area (Å²) in [5.74, 6) is -2.68. The molecule has 1 heterocycles. The van der Waals surface area contributed by atoms with Gasteiger partial charge in [-0.1, -0.05) is 0 Å². The van der Waals surface area contributed by atoms with Crippen molar-refractivity contribution in [2.24, 2.45) is 0 Å². The Balaban J connectivity index is 3.18. The first kappa shape index (κ1) is 19.6. The number of rotatable bonds is 7. The van der Waals surface area contributed by atoms with Crippen LogP contribution >= 0.6 is 0 Å². The Hall–Kier alpha value is -0.400. The molecule has 0 saturated carbocycles. The average Bonchev–Trinajstić information content (AvgIpc) is 2.49. The van der Waals surface area contributed by atoms with Crippen LogP contribution < -0.4 is 0 Å². The predicted octanol–water partition coefficient (Wildman–Crippen LogP) is -4.99. The maximum Gasteiger partial charge on any atom is 0.200 e. The normalized spacial score (nSPS) is 42.1. The van der Waals surface area contributed by atoms with E-state index in [4.69, 9.17) is 20.1 Å². The van der Waals surface area contributed by atoms with Gasteiger partial charge >= 0.3 is 0 Å². The van der Waals surface area contributed by atoms with Gasteiger partial charge in [-0.25, -0.2) is 0 Å². The molecule has 0 amide bonds. The van der Waals surface area contributed by atoms with Gasteiger partial charge in [-0.3, -0.25) is 0 Å². The molecule has 1 fully saturated rings. The number of ether oxygens (including phenoxy) is 1. The Morgan fingerprint density at radius 2 is 1.41 bits per heavy atom. The van der Waals surface area contributed by atoms with Crippen LogP contribution in [0.15, 0.2) is 0 Å². The third-order valence-corrected chi connectivity index (χ3v) is 3.88. The second-order valence-corrected chi connectivity index (χ2v) is 5.56. The van der Waals surface area contributed by atoms with Crippen molar-refractivity contribution in [3.63, 3.8) is 0 Å². The van der Waals surface area contributed by atoms with Gasteiger partial charge in [0.05, 0.1) is 32.0 Å². The summed E-state index contributed by atoms with van der Waals surface area (Å²) in [4.78, 5) is 0. The lowest BCUT2D eigenvalue weighted by atomic mass is 9.74. The zero-order valence-corrected chi connectivity index (χ0v) is 11.9. The molecule has 0 spiro atoms. The van der Waals surface area contributed by atoms with Crippen molar-refractivity contribution in [2.45, 2.75) is 54.7 Å². The first-order valence-corrected chi connectivity index (χ1v) is 6.82. The molecule has 10 nitrogen and oxygen atoms in total. The quantitative estimate of drug-likeness (QED) is 0.218. The van der Waals surface area contributed by atoms with Crippen molar-refractivity contribution >= 4 is 0 Å². The van der Waals surface area contributed by atoms with Gasteiger partial charge in [-0.2, -0.15) is 0 Å². The zero-order chi connectivity index (χ0) is 17.1. The Morgan fingerprint density at radius 3 is 1.86 bits per heavy atom. The Morgan fingerprint density at radius 1 is 0.909 bits per heavy atom. The molecule has 0 aromatic heterocycles. The van der Waals surface area contributed by atoms with Crippen molar-refractivity contribution in [1.29, 1.82) is 0 Å². The van der Waals surface area contributed by atoms with Gasteiger partial charge in [-0.15, -0.1) is 0 Å². The maximum absolute atomic E-state index is 10.6. The summed E-state index contributed by atoms with van der Waals surface area (Å²) < 4.78 is 5.02. The fraction of sp³-hybridized carbons (Fsp3) is 1.00. The summed E-state index contributed by atoms with van der Waals surface area (Å²) in [7, 11) is 0.